The molecule has 0 atom stereocenters. The Morgan fingerprint density at radius 1 is 1.62 bits per heavy atom. The van der Waals surface area contributed by atoms with Gasteiger partial charge in [0.25, 0.3) is 0 Å². The maximum atomic E-state index is 4.16. The minimum atomic E-state index is 0. The van der Waals surface area contributed by atoms with Crippen molar-refractivity contribution in [3.05, 3.63) is 12.2 Å². The molecule has 1 aliphatic heterocycles. The van der Waals surface area contributed by atoms with Crippen LogP contribution in [0.4, 0.5) is 0 Å². The Kier molecular flexibility index (Phi) is 4.13. The highest BCUT2D eigenvalue weighted by Crippen LogP contribution is 1.93. The molecule has 0 aromatic rings. The summed E-state index contributed by atoms with van der Waals surface area (Å²) in [6.07, 6.45) is 5.34. The quantitative estimate of drug-likeness (QED) is 0.557. The summed E-state index contributed by atoms with van der Waals surface area (Å²) in [7, 11) is 0. The number of rotatable bonds is 0. The van der Waals surface area contributed by atoms with Crippen LogP contribution in [0.2, 0.25) is 0 Å². The lowest BCUT2D eigenvalue weighted by atomic mass is 10.2. The van der Waals surface area contributed by atoms with Gasteiger partial charge in [0.05, 0.1) is 0 Å². The molecule has 8 heavy (non-hydrogen) atoms. The number of aliphatic imine (C=N–C) groups is 1. The number of dihydropyridines is 1. The average Bonchev–Trinajstić information content (AvgIpc) is 1.69. The van der Waals surface area contributed by atoms with Gasteiger partial charge in [0, 0.05) is 12.3 Å². The molecule has 0 aromatic heterocycles. The Morgan fingerprint density at radius 3 is 2.62 bits per heavy atom. The van der Waals surface area contributed by atoms with E-state index in [9.17, 15) is 0 Å². The molecule has 0 unspecified atom stereocenters. The van der Waals surface area contributed by atoms with Crippen LogP contribution < -0.4 is 0 Å². The third-order valence-electron chi connectivity index (χ3n) is 1.02. The van der Waals surface area contributed by atoms with Crippen LogP contribution >= 0.6 is 24.0 Å². The average molecular weight is 223 g/mol. The molecule has 1 rings (SSSR count). The largest absolute Gasteiger partial charge is 0.290 e. The van der Waals surface area contributed by atoms with Gasteiger partial charge in [0.1, 0.15) is 0 Å². The number of nitrogens with zero attached hydrogens (tertiary/aromatic N) is 1. The van der Waals surface area contributed by atoms with Crippen molar-refractivity contribution < 1.29 is 0 Å². The Hall–Kier alpha value is 0.140. The van der Waals surface area contributed by atoms with Crippen LogP contribution in [0, 0.1) is 0 Å². The predicted molar refractivity (Wildman–Crippen MR) is 47.1 cm³/mol. The Morgan fingerprint density at radius 2 is 2.38 bits per heavy atom. The third-order valence-corrected chi connectivity index (χ3v) is 1.02. The van der Waals surface area contributed by atoms with Crippen molar-refractivity contribution in [3.63, 3.8) is 0 Å². The van der Waals surface area contributed by atoms with E-state index >= 15 is 0 Å². The SMILES string of the molecule is CC1=NCCC=C1.I. The molecule has 46 valence electrons. The molecule has 0 aromatic carbocycles. The fraction of sp³-hybridized carbons (Fsp3) is 0.500. The van der Waals surface area contributed by atoms with Crippen molar-refractivity contribution in [2.75, 3.05) is 6.54 Å². The lowest BCUT2D eigenvalue weighted by molar-refractivity contribution is 0.992. The van der Waals surface area contributed by atoms with Gasteiger partial charge >= 0.3 is 0 Å². The smallest absolute Gasteiger partial charge is 0.0427 e. The molecule has 0 amide bonds. The fourth-order valence-corrected chi connectivity index (χ4v) is 0.622. The van der Waals surface area contributed by atoms with Gasteiger partial charge in [-0.3, -0.25) is 4.99 Å². The van der Waals surface area contributed by atoms with Crippen LogP contribution in [0.25, 0.3) is 0 Å². The van der Waals surface area contributed by atoms with Crippen molar-refractivity contribution in [1.29, 1.82) is 0 Å². The highest BCUT2D eigenvalue weighted by atomic mass is 127. The minimum absolute atomic E-state index is 0. The van der Waals surface area contributed by atoms with Gasteiger partial charge in [-0.05, 0) is 19.4 Å². The molecular weight excluding hydrogens is 213 g/mol. The minimum Gasteiger partial charge on any atom is -0.290 e. The lowest BCUT2D eigenvalue weighted by Crippen LogP contribution is -1.92. The summed E-state index contributed by atoms with van der Waals surface area (Å²) < 4.78 is 0. The van der Waals surface area contributed by atoms with E-state index in [0.29, 0.717) is 0 Å². The van der Waals surface area contributed by atoms with Crippen LogP contribution in [0.15, 0.2) is 17.1 Å². The van der Waals surface area contributed by atoms with Crippen LogP contribution in [-0.2, 0) is 0 Å². The topological polar surface area (TPSA) is 12.4 Å². The second-order valence-electron chi connectivity index (χ2n) is 1.71. The van der Waals surface area contributed by atoms with E-state index in [1.165, 1.54) is 0 Å². The van der Waals surface area contributed by atoms with Crippen LogP contribution in [0.1, 0.15) is 13.3 Å². The number of hydrogen-bond acceptors (Lipinski definition) is 1. The first-order chi connectivity index (χ1) is 3.39. The fourth-order valence-electron chi connectivity index (χ4n) is 0.622. The van der Waals surface area contributed by atoms with Crippen molar-refractivity contribution in [1.82, 2.24) is 0 Å². The van der Waals surface area contributed by atoms with E-state index in [-0.39, 0.29) is 24.0 Å². The van der Waals surface area contributed by atoms with Crippen LogP contribution in [0.5, 0.6) is 0 Å². The summed E-state index contributed by atoms with van der Waals surface area (Å²) in [6.45, 7) is 3.01. The van der Waals surface area contributed by atoms with Crippen LogP contribution in [0.3, 0.4) is 0 Å². The molecule has 0 radical (unpaired) electrons. The normalized spacial score (nSPS) is 16.9. The molecule has 0 fully saturated rings. The van der Waals surface area contributed by atoms with E-state index < -0.39 is 0 Å². The lowest BCUT2D eigenvalue weighted by Gasteiger charge is -1.96. The zero-order valence-corrected chi connectivity index (χ0v) is 7.25. The van der Waals surface area contributed by atoms with E-state index in [1.807, 2.05) is 6.92 Å². The molecule has 1 heterocycles. The molecule has 0 bridgehead atoms. The van der Waals surface area contributed by atoms with Crippen LogP contribution in [-0.4, -0.2) is 12.3 Å². The number of halogens is 1. The molecule has 0 N–H and O–H groups in total. The standard InChI is InChI=1S/C6H9N.HI/c1-6-4-2-3-5-7-6;/h2,4H,3,5H2,1H3;1H. The molecule has 2 heteroatoms. The van der Waals surface area contributed by atoms with Gasteiger partial charge in [-0.1, -0.05) is 6.08 Å². The molecule has 1 nitrogen and oxygen atoms in total. The maximum Gasteiger partial charge on any atom is 0.0427 e. The second kappa shape index (κ2) is 4.06. The Bertz CT molecular complexity index is 116. The summed E-state index contributed by atoms with van der Waals surface area (Å²) >= 11 is 0. The van der Waals surface area contributed by atoms with Gasteiger partial charge in [-0.15, -0.1) is 24.0 Å². The van der Waals surface area contributed by atoms with Gasteiger partial charge in [-0.25, -0.2) is 0 Å². The molecule has 0 saturated heterocycles. The molecular formula is C6H10IN. The second-order valence-corrected chi connectivity index (χ2v) is 1.71. The number of allylic oxidation sites excluding steroid dienone is 1. The van der Waals surface area contributed by atoms with Crippen molar-refractivity contribution in [2.45, 2.75) is 13.3 Å². The van der Waals surface area contributed by atoms with Crippen molar-refractivity contribution in [2.24, 2.45) is 4.99 Å². The highest BCUT2D eigenvalue weighted by molar-refractivity contribution is 14.0. The van der Waals surface area contributed by atoms with Gasteiger partial charge in [0.15, 0.2) is 0 Å². The molecule has 1 aliphatic rings. The zero-order valence-electron chi connectivity index (χ0n) is 4.92. The molecule has 0 spiro atoms. The van der Waals surface area contributed by atoms with E-state index in [0.717, 1.165) is 18.7 Å². The first kappa shape index (κ1) is 8.14. The summed E-state index contributed by atoms with van der Waals surface area (Å²) in [5, 5.41) is 0. The molecule has 0 saturated carbocycles. The maximum absolute atomic E-state index is 4.16. The van der Waals surface area contributed by atoms with Gasteiger partial charge in [0.2, 0.25) is 0 Å². The summed E-state index contributed by atoms with van der Waals surface area (Å²) in [4.78, 5) is 4.16. The van der Waals surface area contributed by atoms with E-state index in [1.54, 1.807) is 0 Å². The first-order valence-corrected chi connectivity index (χ1v) is 2.57. The van der Waals surface area contributed by atoms with E-state index in [2.05, 4.69) is 17.1 Å². The van der Waals surface area contributed by atoms with Gasteiger partial charge < -0.3 is 0 Å². The van der Waals surface area contributed by atoms with Crippen molar-refractivity contribution in [3.8, 4) is 0 Å². The highest BCUT2D eigenvalue weighted by Gasteiger charge is 1.87. The third kappa shape index (κ3) is 2.45. The van der Waals surface area contributed by atoms with Gasteiger partial charge in [-0.2, -0.15) is 0 Å². The summed E-state index contributed by atoms with van der Waals surface area (Å²) in [5.74, 6) is 0. The number of hydrogen-bond donors (Lipinski definition) is 0. The first-order valence-electron chi connectivity index (χ1n) is 2.57. The zero-order chi connectivity index (χ0) is 5.11. The van der Waals surface area contributed by atoms with E-state index in [4.69, 9.17) is 0 Å². The van der Waals surface area contributed by atoms with Crippen molar-refractivity contribution >= 4 is 29.7 Å². The predicted octanol–water partition coefficient (Wildman–Crippen LogP) is 2.03. The summed E-state index contributed by atoms with van der Waals surface area (Å²) in [5.41, 5.74) is 1.16. The molecule has 0 aliphatic carbocycles. The monoisotopic (exact) mass is 223 g/mol. The summed E-state index contributed by atoms with van der Waals surface area (Å²) in [6, 6.07) is 0. The Labute approximate surface area is 66.9 Å². The Balaban J connectivity index is 0.000000490.